The van der Waals surface area contributed by atoms with Crippen molar-refractivity contribution in [2.24, 2.45) is 5.92 Å². The Morgan fingerprint density at radius 1 is 1.27 bits per heavy atom. The molecule has 0 spiro atoms. The van der Waals surface area contributed by atoms with E-state index in [4.69, 9.17) is 8.05 Å². The van der Waals surface area contributed by atoms with Crippen LogP contribution in [-0.4, -0.2) is 31.5 Å². The summed E-state index contributed by atoms with van der Waals surface area (Å²) in [6, 6.07) is 0. The molecule has 0 bridgehead atoms. The Morgan fingerprint density at radius 3 is 2.00 bits per heavy atom. The number of carbonyl (C=O) groups is 3. The molecule has 11 heavy (non-hydrogen) atoms. The van der Waals surface area contributed by atoms with Gasteiger partial charge in [-0.2, -0.15) is 0 Å². The SMILES string of the molecule is [B]OC1C(=O)C(=O)C(=O)C1C. The number of hydrogen-bond acceptors (Lipinski definition) is 4. The lowest BCUT2D eigenvalue weighted by Crippen LogP contribution is -2.24. The molecule has 0 amide bonds. The molecule has 56 valence electrons. The highest BCUT2D eigenvalue weighted by molar-refractivity contribution is 6.68. The monoisotopic (exact) mass is 152 g/mol. The highest BCUT2D eigenvalue weighted by Crippen LogP contribution is 2.17. The molecule has 0 aliphatic heterocycles. The zero-order chi connectivity index (χ0) is 8.59. The number of carbonyl (C=O) groups excluding carboxylic acids is 3. The smallest absolute Gasteiger partial charge is 0.283 e. The molecule has 0 aromatic carbocycles. The third-order valence-electron chi connectivity index (χ3n) is 1.72. The molecule has 4 nitrogen and oxygen atoms in total. The molecule has 0 N–H and O–H groups in total. The van der Waals surface area contributed by atoms with Gasteiger partial charge >= 0.3 is 0 Å². The van der Waals surface area contributed by atoms with Crippen LogP contribution in [0.3, 0.4) is 0 Å². The summed E-state index contributed by atoms with van der Waals surface area (Å²) in [7, 11) is 4.71. The van der Waals surface area contributed by atoms with Crippen molar-refractivity contribution >= 4 is 25.4 Å². The number of Topliss-reactive ketones (excluding diaryl/α,β-unsaturated/α-hetero) is 3. The minimum absolute atomic E-state index is 0.717. The van der Waals surface area contributed by atoms with E-state index in [1.807, 2.05) is 0 Å². The lowest BCUT2D eigenvalue weighted by molar-refractivity contribution is -0.141. The van der Waals surface area contributed by atoms with Crippen LogP contribution in [0.25, 0.3) is 0 Å². The molecule has 1 aliphatic carbocycles. The summed E-state index contributed by atoms with van der Waals surface area (Å²) < 4.78 is 4.19. The molecule has 1 rings (SSSR count). The van der Waals surface area contributed by atoms with Gasteiger partial charge in [0.25, 0.3) is 13.8 Å². The van der Waals surface area contributed by atoms with E-state index < -0.39 is 29.4 Å². The largest absolute Gasteiger partial charge is 0.438 e. The summed E-state index contributed by atoms with van der Waals surface area (Å²) in [4.78, 5) is 32.2. The Hall–Kier alpha value is -0.965. The maximum absolute atomic E-state index is 10.8. The highest BCUT2D eigenvalue weighted by atomic mass is 16.4. The van der Waals surface area contributed by atoms with Gasteiger partial charge in [-0.3, -0.25) is 14.4 Å². The summed E-state index contributed by atoms with van der Waals surface area (Å²) in [5, 5.41) is 0. The van der Waals surface area contributed by atoms with Crippen molar-refractivity contribution in [1.82, 2.24) is 0 Å². The fourth-order valence-corrected chi connectivity index (χ4v) is 1.00. The van der Waals surface area contributed by atoms with Crippen LogP contribution in [0, 0.1) is 5.92 Å². The van der Waals surface area contributed by atoms with E-state index in [-0.39, 0.29) is 0 Å². The van der Waals surface area contributed by atoms with Crippen molar-refractivity contribution in [3.05, 3.63) is 0 Å². The van der Waals surface area contributed by atoms with Gasteiger partial charge in [-0.05, 0) is 0 Å². The van der Waals surface area contributed by atoms with Crippen LogP contribution in [0.15, 0.2) is 0 Å². The van der Waals surface area contributed by atoms with Crippen LogP contribution in [0.4, 0.5) is 0 Å². The van der Waals surface area contributed by atoms with E-state index in [1.165, 1.54) is 6.92 Å². The van der Waals surface area contributed by atoms with E-state index in [2.05, 4.69) is 4.65 Å². The Kier molecular flexibility index (Phi) is 1.91. The van der Waals surface area contributed by atoms with E-state index in [0.717, 1.165) is 0 Å². The molecular weight excluding hydrogens is 147 g/mol. The van der Waals surface area contributed by atoms with Gasteiger partial charge in [0.15, 0.2) is 0 Å². The molecular formula is C6H5BO4. The normalized spacial score (nSPS) is 31.5. The van der Waals surface area contributed by atoms with Gasteiger partial charge in [0, 0.05) is 0 Å². The summed E-state index contributed by atoms with van der Waals surface area (Å²) in [5.74, 6) is -3.30. The van der Waals surface area contributed by atoms with Crippen molar-refractivity contribution < 1.29 is 19.0 Å². The minimum Gasteiger partial charge on any atom is -0.438 e. The van der Waals surface area contributed by atoms with Crippen LogP contribution >= 0.6 is 0 Å². The first-order chi connectivity index (χ1) is 5.09. The Labute approximate surface area is 64.3 Å². The summed E-state index contributed by atoms with van der Waals surface area (Å²) >= 11 is 0. The number of ketones is 3. The van der Waals surface area contributed by atoms with Crippen molar-refractivity contribution in [3.63, 3.8) is 0 Å². The topological polar surface area (TPSA) is 60.4 Å². The van der Waals surface area contributed by atoms with Crippen LogP contribution < -0.4 is 0 Å². The van der Waals surface area contributed by atoms with Crippen molar-refractivity contribution in [3.8, 4) is 0 Å². The van der Waals surface area contributed by atoms with Gasteiger partial charge in [-0.1, -0.05) is 6.92 Å². The van der Waals surface area contributed by atoms with Gasteiger partial charge < -0.3 is 4.65 Å². The number of hydrogen-bond donors (Lipinski definition) is 0. The van der Waals surface area contributed by atoms with Crippen molar-refractivity contribution in [2.75, 3.05) is 0 Å². The summed E-state index contributed by atoms with van der Waals surface area (Å²) in [6.07, 6.45) is -1.07. The zero-order valence-corrected chi connectivity index (χ0v) is 5.87. The van der Waals surface area contributed by atoms with E-state index in [0.29, 0.717) is 0 Å². The van der Waals surface area contributed by atoms with Gasteiger partial charge in [-0.25, -0.2) is 0 Å². The third kappa shape index (κ3) is 1.01. The third-order valence-corrected chi connectivity index (χ3v) is 1.72. The fourth-order valence-electron chi connectivity index (χ4n) is 1.00. The average Bonchev–Trinajstić information content (AvgIpc) is 2.17. The Morgan fingerprint density at radius 2 is 1.82 bits per heavy atom. The quantitative estimate of drug-likeness (QED) is 0.350. The van der Waals surface area contributed by atoms with Gasteiger partial charge in [-0.15, -0.1) is 0 Å². The molecule has 1 fully saturated rings. The molecule has 2 radical (unpaired) electrons. The maximum Gasteiger partial charge on any atom is 0.283 e. The molecule has 2 atom stereocenters. The second-order valence-corrected chi connectivity index (χ2v) is 2.40. The predicted molar refractivity (Wildman–Crippen MR) is 34.8 cm³/mol. The fraction of sp³-hybridized carbons (Fsp3) is 0.500. The second-order valence-electron chi connectivity index (χ2n) is 2.40. The standard InChI is InChI=1S/C6H5BO4/c1-2-3(8)4(9)5(10)6(2)11-7/h2,6H,1H3. The highest BCUT2D eigenvalue weighted by Gasteiger charge is 2.45. The molecule has 0 aromatic heterocycles. The average molecular weight is 152 g/mol. The van der Waals surface area contributed by atoms with Gasteiger partial charge in [0.05, 0.1) is 5.92 Å². The number of rotatable bonds is 1. The first-order valence-electron chi connectivity index (χ1n) is 3.07. The Bertz CT molecular complexity index is 235. The molecule has 0 heterocycles. The second kappa shape index (κ2) is 2.58. The van der Waals surface area contributed by atoms with Crippen LogP contribution in [0.1, 0.15) is 6.92 Å². The molecule has 1 aliphatic rings. The molecule has 1 saturated carbocycles. The molecule has 2 unspecified atom stereocenters. The lowest BCUT2D eigenvalue weighted by atomic mass is 10.1. The van der Waals surface area contributed by atoms with Gasteiger partial charge in [0.2, 0.25) is 11.6 Å². The zero-order valence-electron chi connectivity index (χ0n) is 5.87. The lowest BCUT2D eigenvalue weighted by Gasteiger charge is -2.08. The molecule has 5 heteroatoms. The van der Waals surface area contributed by atoms with Crippen LogP contribution in [0.5, 0.6) is 0 Å². The van der Waals surface area contributed by atoms with Crippen LogP contribution in [0.2, 0.25) is 0 Å². The van der Waals surface area contributed by atoms with Crippen LogP contribution in [-0.2, 0) is 19.0 Å². The van der Waals surface area contributed by atoms with E-state index in [9.17, 15) is 14.4 Å². The van der Waals surface area contributed by atoms with Crippen molar-refractivity contribution in [1.29, 1.82) is 0 Å². The molecule has 0 saturated heterocycles. The summed E-state index contributed by atoms with van der Waals surface area (Å²) in [6.45, 7) is 1.43. The minimum atomic E-state index is -1.07. The maximum atomic E-state index is 10.8. The predicted octanol–water partition coefficient (Wildman–Crippen LogP) is -1.19. The van der Waals surface area contributed by atoms with E-state index >= 15 is 0 Å². The van der Waals surface area contributed by atoms with Gasteiger partial charge in [0.1, 0.15) is 6.10 Å². The first kappa shape index (κ1) is 8.13. The Balaban J connectivity index is 2.95. The summed E-state index contributed by atoms with van der Waals surface area (Å²) in [5.41, 5.74) is 0. The molecule has 0 aromatic rings. The van der Waals surface area contributed by atoms with Crippen molar-refractivity contribution in [2.45, 2.75) is 13.0 Å². The van der Waals surface area contributed by atoms with E-state index in [1.54, 1.807) is 0 Å². The first-order valence-corrected chi connectivity index (χ1v) is 3.07.